The van der Waals surface area contributed by atoms with E-state index in [1.54, 1.807) is 5.56 Å². The van der Waals surface area contributed by atoms with E-state index in [0.717, 1.165) is 19.5 Å². The molecule has 2 fully saturated rings. The van der Waals surface area contributed by atoms with Crippen molar-refractivity contribution in [2.45, 2.75) is 58.5 Å². The Labute approximate surface area is 164 Å². The maximum atomic E-state index is 4.75. The van der Waals surface area contributed by atoms with Gasteiger partial charge in [0.25, 0.3) is 0 Å². The van der Waals surface area contributed by atoms with Crippen molar-refractivity contribution >= 4 is 0 Å². The lowest BCUT2D eigenvalue weighted by atomic mass is 9.95. The van der Waals surface area contributed by atoms with E-state index in [-0.39, 0.29) is 0 Å². The van der Waals surface area contributed by atoms with Gasteiger partial charge in [0.05, 0.1) is 5.69 Å². The molecule has 0 N–H and O–H groups in total. The first kappa shape index (κ1) is 18.7. The first-order chi connectivity index (χ1) is 13.1. The van der Waals surface area contributed by atoms with E-state index >= 15 is 0 Å². The number of hydrogen-bond acceptors (Lipinski definition) is 3. The molecule has 4 rings (SSSR count). The van der Waals surface area contributed by atoms with Gasteiger partial charge in [-0.1, -0.05) is 37.3 Å². The van der Waals surface area contributed by atoms with Gasteiger partial charge in [-0.25, -0.2) is 0 Å². The van der Waals surface area contributed by atoms with Crippen molar-refractivity contribution in [2.75, 3.05) is 32.7 Å². The van der Waals surface area contributed by atoms with E-state index in [1.807, 2.05) is 0 Å². The summed E-state index contributed by atoms with van der Waals surface area (Å²) in [7, 11) is 0. The van der Waals surface area contributed by atoms with Crippen LogP contribution < -0.4 is 0 Å². The molecular formula is C23H34N4. The molecule has 0 unspecified atom stereocenters. The van der Waals surface area contributed by atoms with Crippen LogP contribution in [0.3, 0.4) is 0 Å². The Morgan fingerprint density at radius 3 is 2.26 bits per heavy atom. The first-order valence-electron chi connectivity index (χ1n) is 10.6. The Hall–Kier alpha value is -1.65. The van der Waals surface area contributed by atoms with Crippen LogP contribution in [0.5, 0.6) is 0 Å². The normalized spacial score (nSPS) is 20.1. The number of aromatic nitrogens is 2. The van der Waals surface area contributed by atoms with Gasteiger partial charge in [-0.05, 0) is 38.7 Å². The van der Waals surface area contributed by atoms with Gasteiger partial charge in [-0.15, -0.1) is 0 Å². The summed E-state index contributed by atoms with van der Waals surface area (Å²) in [6.45, 7) is 14.7. The molecule has 1 saturated carbocycles. The minimum atomic E-state index is 0.442. The van der Waals surface area contributed by atoms with Crippen molar-refractivity contribution in [3.8, 4) is 0 Å². The third-order valence-electron chi connectivity index (χ3n) is 6.58. The smallest absolute Gasteiger partial charge is 0.0641 e. The lowest BCUT2D eigenvalue weighted by Gasteiger charge is -2.36. The molecule has 146 valence electrons. The van der Waals surface area contributed by atoms with E-state index < -0.39 is 0 Å². The maximum absolute atomic E-state index is 4.75. The number of piperazine rings is 1. The molecule has 27 heavy (non-hydrogen) atoms. The highest BCUT2D eigenvalue weighted by molar-refractivity contribution is 5.31. The van der Waals surface area contributed by atoms with Crippen molar-refractivity contribution in [2.24, 2.45) is 0 Å². The highest BCUT2D eigenvalue weighted by Crippen LogP contribution is 2.48. The molecule has 0 atom stereocenters. The predicted molar refractivity (Wildman–Crippen MR) is 111 cm³/mol. The molecule has 1 saturated heterocycles. The van der Waals surface area contributed by atoms with Crippen molar-refractivity contribution in [1.82, 2.24) is 19.6 Å². The van der Waals surface area contributed by atoms with Gasteiger partial charge in [0.1, 0.15) is 0 Å². The third-order valence-corrected chi connectivity index (χ3v) is 6.58. The average molecular weight is 367 g/mol. The number of rotatable bonds is 7. The Kier molecular flexibility index (Phi) is 5.38. The molecule has 1 aliphatic carbocycles. The molecule has 1 aromatic heterocycles. The van der Waals surface area contributed by atoms with Crippen LogP contribution in [0.2, 0.25) is 0 Å². The van der Waals surface area contributed by atoms with Crippen LogP contribution in [0.1, 0.15) is 48.7 Å². The van der Waals surface area contributed by atoms with E-state index in [1.165, 1.54) is 62.5 Å². The number of hydrogen-bond donors (Lipinski definition) is 0. The van der Waals surface area contributed by atoms with Gasteiger partial charge >= 0.3 is 0 Å². The highest BCUT2D eigenvalue weighted by Gasteiger charge is 2.45. The van der Waals surface area contributed by atoms with E-state index in [9.17, 15) is 0 Å². The Bertz CT molecular complexity index is 752. The molecule has 0 bridgehead atoms. The molecule has 2 aliphatic rings. The van der Waals surface area contributed by atoms with Crippen LogP contribution in [0, 0.1) is 13.8 Å². The Balaban J connectivity index is 1.32. The zero-order valence-corrected chi connectivity index (χ0v) is 17.2. The quantitative estimate of drug-likeness (QED) is 0.746. The molecular weight excluding hydrogens is 332 g/mol. The fraction of sp³-hybridized carbons (Fsp3) is 0.609. The third kappa shape index (κ3) is 3.97. The minimum Gasteiger partial charge on any atom is -0.300 e. The van der Waals surface area contributed by atoms with Gasteiger partial charge in [0.15, 0.2) is 0 Å². The van der Waals surface area contributed by atoms with E-state index in [4.69, 9.17) is 5.10 Å². The zero-order valence-electron chi connectivity index (χ0n) is 17.2. The second-order valence-corrected chi connectivity index (χ2v) is 8.57. The lowest BCUT2D eigenvalue weighted by Crippen LogP contribution is -2.48. The number of benzene rings is 1. The molecule has 1 aromatic carbocycles. The fourth-order valence-electron chi connectivity index (χ4n) is 4.63. The summed E-state index contributed by atoms with van der Waals surface area (Å²) in [4.78, 5) is 5.31. The molecule has 1 aliphatic heterocycles. The van der Waals surface area contributed by atoms with Crippen LogP contribution in [-0.4, -0.2) is 52.3 Å². The van der Waals surface area contributed by atoms with Gasteiger partial charge in [0.2, 0.25) is 0 Å². The zero-order chi connectivity index (χ0) is 18.9. The summed E-state index contributed by atoms with van der Waals surface area (Å²) >= 11 is 0. The van der Waals surface area contributed by atoms with Gasteiger partial charge in [0, 0.05) is 62.5 Å². The molecule has 0 radical (unpaired) electrons. The fourth-order valence-corrected chi connectivity index (χ4v) is 4.63. The topological polar surface area (TPSA) is 24.3 Å². The van der Waals surface area contributed by atoms with Crippen molar-refractivity contribution in [3.05, 3.63) is 52.8 Å². The molecule has 0 amide bonds. The second kappa shape index (κ2) is 7.76. The molecule has 4 heteroatoms. The largest absolute Gasteiger partial charge is 0.300 e. The summed E-state index contributed by atoms with van der Waals surface area (Å²) < 4.78 is 2.19. The summed E-state index contributed by atoms with van der Waals surface area (Å²) in [6, 6.07) is 11.2. The number of aryl methyl sites for hydroxylation is 2. The van der Waals surface area contributed by atoms with Gasteiger partial charge in [-0.3, -0.25) is 14.5 Å². The van der Waals surface area contributed by atoms with Crippen LogP contribution in [0.25, 0.3) is 0 Å². The van der Waals surface area contributed by atoms with Gasteiger partial charge < -0.3 is 0 Å². The highest BCUT2D eigenvalue weighted by atomic mass is 15.3. The van der Waals surface area contributed by atoms with Gasteiger partial charge in [-0.2, -0.15) is 5.10 Å². The van der Waals surface area contributed by atoms with Crippen molar-refractivity contribution < 1.29 is 0 Å². The maximum Gasteiger partial charge on any atom is 0.0641 e. The number of nitrogens with zero attached hydrogens (tertiary/aromatic N) is 4. The van der Waals surface area contributed by atoms with Crippen molar-refractivity contribution in [3.63, 3.8) is 0 Å². The summed E-state index contributed by atoms with van der Waals surface area (Å²) in [5.41, 5.74) is 6.00. The second-order valence-electron chi connectivity index (χ2n) is 8.57. The van der Waals surface area contributed by atoms with Crippen LogP contribution >= 0.6 is 0 Å². The van der Waals surface area contributed by atoms with E-state index in [0.29, 0.717) is 5.41 Å². The molecule has 2 aromatic rings. The molecule has 2 heterocycles. The summed E-state index contributed by atoms with van der Waals surface area (Å²) in [5, 5.41) is 4.75. The average Bonchev–Trinajstić information content (AvgIpc) is 3.42. The Morgan fingerprint density at radius 2 is 1.63 bits per heavy atom. The van der Waals surface area contributed by atoms with E-state index in [2.05, 4.69) is 65.6 Å². The SMILES string of the molecule is CCCn1nc(C)c(CN2CCN(CC3(c4ccccc4)CC3)CC2)c1C. The van der Waals surface area contributed by atoms with Crippen molar-refractivity contribution in [1.29, 1.82) is 0 Å². The predicted octanol–water partition coefficient (Wildman–Crippen LogP) is 3.76. The van der Waals surface area contributed by atoms with Crippen LogP contribution in [0.15, 0.2) is 30.3 Å². The minimum absolute atomic E-state index is 0.442. The Morgan fingerprint density at radius 1 is 0.963 bits per heavy atom. The molecule has 4 nitrogen and oxygen atoms in total. The molecule has 0 spiro atoms. The standard InChI is InChI=1S/C23H34N4/c1-4-12-27-20(3)22(19(2)24-27)17-25-13-15-26(16-14-25)18-23(10-11-23)21-8-6-5-7-9-21/h5-9H,4,10-18H2,1-3H3. The first-order valence-corrected chi connectivity index (χ1v) is 10.6. The lowest BCUT2D eigenvalue weighted by molar-refractivity contribution is 0.118. The van der Waals surface area contributed by atoms with Crippen LogP contribution in [0.4, 0.5) is 0 Å². The summed E-state index contributed by atoms with van der Waals surface area (Å²) in [6.07, 6.45) is 3.85. The summed E-state index contributed by atoms with van der Waals surface area (Å²) in [5.74, 6) is 0. The van der Waals surface area contributed by atoms with Crippen LogP contribution in [-0.2, 0) is 18.5 Å². The monoisotopic (exact) mass is 366 g/mol.